The summed E-state index contributed by atoms with van der Waals surface area (Å²) < 4.78 is 0. The fourth-order valence-corrected chi connectivity index (χ4v) is 2.65. The van der Waals surface area contributed by atoms with E-state index < -0.39 is 5.91 Å². The van der Waals surface area contributed by atoms with E-state index in [1.807, 2.05) is 0 Å². The van der Waals surface area contributed by atoms with Crippen LogP contribution in [-0.2, 0) is 4.79 Å². The number of anilines is 4. The molecule has 8 nitrogen and oxygen atoms in total. The molecule has 2 amide bonds. The Morgan fingerprint density at radius 3 is 2.41 bits per heavy atom. The first-order valence-electron chi connectivity index (χ1n) is 8.75. The highest BCUT2D eigenvalue weighted by Gasteiger charge is 2.12. The van der Waals surface area contributed by atoms with Crippen molar-refractivity contribution >= 4 is 34.7 Å². The lowest BCUT2D eigenvalue weighted by atomic mass is 10.2. The van der Waals surface area contributed by atoms with Gasteiger partial charge in [-0.2, -0.15) is 5.26 Å². The van der Waals surface area contributed by atoms with E-state index >= 15 is 0 Å². The van der Waals surface area contributed by atoms with Gasteiger partial charge in [0, 0.05) is 24.4 Å². The van der Waals surface area contributed by atoms with Crippen LogP contribution < -0.4 is 16.0 Å². The summed E-state index contributed by atoms with van der Waals surface area (Å²) >= 11 is 0. The quantitative estimate of drug-likeness (QED) is 0.616. The van der Waals surface area contributed by atoms with Gasteiger partial charge in [0.2, 0.25) is 5.91 Å². The maximum absolute atomic E-state index is 12.7. The minimum absolute atomic E-state index is 0.166. The van der Waals surface area contributed by atoms with E-state index in [4.69, 9.17) is 0 Å². The molecular formula is C21H18N6O2. The van der Waals surface area contributed by atoms with Gasteiger partial charge in [0.25, 0.3) is 5.91 Å². The summed E-state index contributed by atoms with van der Waals surface area (Å²) in [7, 11) is 0. The Kier molecular flexibility index (Phi) is 5.80. The summed E-state index contributed by atoms with van der Waals surface area (Å²) in [6, 6.07) is 17.4. The highest BCUT2D eigenvalue weighted by molar-refractivity contribution is 6.03. The van der Waals surface area contributed by atoms with Crippen LogP contribution in [0.5, 0.6) is 0 Å². The maximum atomic E-state index is 12.7. The third kappa shape index (κ3) is 5.14. The average molecular weight is 386 g/mol. The number of nitrogens with zero attached hydrogens (tertiary/aromatic N) is 3. The number of carbonyl (C=O) groups is 2. The van der Waals surface area contributed by atoms with Crippen LogP contribution in [0.2, 0.25) is 0 Å². The number of benzene rings is 2. The van der Waals surface area contributed by atoms with Crippen molar-refractivity contribution < 1.29 is 9.59 Å². The Hall–Kier alpha value is -4.25. The summed E-state index contributed by atoms with van der Waals surface area (Å²) in [6.45, 7) is 3.09. The maximum Gasteiger partial charge on any atom is 0.274 e. The van der Waals surface area contributed by atoms with Crippen LogP contribution in [-0.4, -0.2) is 21.8 Å². The number of aryl methyl sites for hydroxylation is 1. The normalized spacial score (nSPS) is 9.97. The molecule has 0 unspecified atom stereocenters. The molecule has 1 heterocycles. The van der Waals surface area contributed by atoms with E-state index in [1.54, 1.807) is 55.5 Å². The molecule has 2 aromatic carbocycles. The summed E-state index contributed by atoms with van der Waals surface area (Å²) in [5, 5.41) is 17.7. The molecule has 0 aliphatic heterocycles. The second-order valence-corrected chi connectivity index (χ2v) is 6.18. The molecule has 1 aromatic heterocycles. The standard InChI is InChI=1S/C21H18N6O2/c1-13-23-19(11-20(24-13)27-18-9-4-3-6-15(18)12-22)21(29)26-17-8-5-7-16(10-17)25-14(2)28/h3-11H,1-2H3,(H,25,28)(H,26,29)(H,23,24,27). The van der Waals surface area contributed by atoms with Gasteiger partial charge >= 0.3 is 0 Å². The minimum Gasteiger partial charge on any atom is -0.339 e. The Labute approximate surface area is 167 Å². The number of rotatable bonds is 5. The lowest BCUT2D eigenvalue weighted by molar-refractivity contribution is -0.114. The van der Waals surface area contributed by atoms with Gasteiger partial charge in [0.1, 0.15) is 23.4 Å². The fraction of sp³-hybridized carbons (Fsp3) is 0.0952. The van der Waals surface area contributed by atoms with Gasteiger partial charge in [-0.1, -0.05) is 18.2 Å². The summed E-state index contributed by atoms with van der Waals surface area (Å²) in [4.78, 5) is 32.3. The average Bonchev–Trinajstić information content (AvgIpc) is 2.67. The minimum atomic E-state index is -0.424. The third-order valence-corrected chi connectivity index (χ3v) is 3.82. The van der Waals surface area contributed by atoms with Crippen LogP contribution in [0.25, 0.3) is 0 Å². The van der Waals surface area contributed by atoms with Gasteiger partial charge in [-0.25, -0.2) is 9.97 Å². The predicted octanol–water partition coefficient (Wildman–Crippen LogP) is 3.61. The number of carbonyl (C=O) groups excluding carboxylic acids is 2. The number of para-hydroxylation sites is 1. The van der Waals surface area contributed by atoms with Crippen molar-refractivity contribution in [2.45, 2.75) is 13.8 Å². The van der Waals surface area contributed by atoms with Crippen molar-refractivity contribution in [2.24, 2.45) is 0 Å². The Balaban J connectivity index is 1.81. The van der Waals surface area contributed by atoms with E-state index in [-0.39, 0.29) is 11.6 Å². The number of hydrogen-bond acceptors (Lipinski definition) is 6. The number of amides is 2. The van der Waals surface area contributed by atoms with Crippen LogP contribution in [0.3, 0.4) is 0 Å². The highest BCUT2D eigenvalue weighted by Crippen LogP contribution is 2.20. The van der Waals surface area contributed by atoms with E-state index in [1.165, 1.54) is 13.0 Å². The van der Waals surface area contributed by atoms with Crippen LogP contribution in [0.15, 0.2) is 54.6 Å². The molecule has 0 saturated heterocycles. The zero-order chi connectivity index (χ0) is 20.8. The Morgan fingerprint density at radius 1 is 0.966 bits per heavy atom. The molecule has 0 radical (unpaired) electrons. The van der Waals surface area contributed by atoms with Crippen molar-refractivity contribution in [3.8, 4) is 6.07 Å². The first kappa shape index (κ1) is 19.5. The monoisotopic (exact) mass is 386 g/mol. The number of nitriles is 1. The predicted molar refractivity (Wildman–Crippen MR) is 110 cm³/mol. The molecule has 0 aliphatic rings. The molecule has 144 valence electrons. The van der Waals surface area contributed by atoms with Gasteiger partial charge in [-0.3, -0.25) is 9.59 Å². The lowest BCUT2D eigenvalue weighted by Gasteiger charge is -2.11. The second kappa shape index (κ2) is 8.63. The summed E-state index contributed by atoms with van der Waals surface area (Å²) in [6.07, 6.45) is 0. The Bertz CT molecular complexity index is 1120. The first-order chi connectivity index (χ1) is 13.9. The third-order valence-electron chi connectivity index (χ3n) is 3.82. The zero-order valence-corrected chi connectivity index (χ0v) is 15.9. The fourth-order valence-electron chi connectivity index (χ4n) is 2.65. The van der Waals surface area contributed by atoms with Gasteiger partial charge in [0.15, 0.2) is 0 Å². The van der Waals surface area contributed by atoms with Gasteiger partial charge < -0.3 is 16.0 Å². The molecule has 0 aliphatic carbocycles. The van der Waals surface area contributed by atoms with Crippen molar-refractivity contribution in [2.75, 3.05) is 16.0 Å². The SMILES string of the molecule is CC(=O)Nc1cccc(NC(=O)c2cc(Nc3ccccc3C#N)nc(C)n2)c1. The summed E-state index contributed by atoms with van der Waals surface area (Å²) in [5.41, 5.74) is 2.30. The summed E-state index contributed by atoms with van der Waals surface area (Å²) in [5.74, 6) is 0.180. The molecule has 0 bridgehead atoms. The lowest BCUT2D eigenvalue weighted by Crippen LogP contribution is -2.16. The van der Waals surface area contributed by atoms with E-state index in [9.17, 15) is 14.9 Å². The molecule has 3 N–H and O–H groups in total. The van der Waals surface area contributed by atoms with Crippen LogP contribution in [0, 0.1) is 18.3 Å². The topological polar surface area (TPSA) is 120 Å². The zero-order valence-electron chi connectivity index (χ0n) is 15.9. The molecule has 0 fully saturated rings. The van der Waals surface area contributed by atoms with E-state index in [2.05, 4.69) is 32.0 Å². The molecular weight excluding hydrogens is 368 g/mol. The molecule has 0 saturated carbocycles. The van der Waals surface area contributed by atoms with Crippen molar-refractivity contribution in [1.82, 2.24) is 9.97 Å². The Morgan fingerprint density at radius 2 is 1.69 bits per heavy atom. The van der Waals surface area contributed by atoms with Crippen LogP contribution in [0.1, 0.15) is 28.8 Å². The van der Waals surface area contributed by atoms with Crippen LogP contribution >= 0.6 is 0 Å². The van der Waals surface area contributed by atoms with Gasteiger partial charge in [0.05, 0.1) is 11.3 Å². The van der Waals surface area contributed by atoms with Crippen molar-refractivity contribution in [3.05, 3.63) is 71.7 Å². The van der Waals surface area contributed by atoms with E-state index in [0.717, 1.165) is 0 Å². The number of hydrogen-bond donors (Lipinski definition) is 3. The number of nitrogens with one attached hydrogen (secondary N) is 3. The van der Waals surface area contributed by atoms with E-state index in [0.29, 0.717) is 34.3 Å². The smallest absolute Gasteiger partial charge is 0.274 e. The van der Waals surface area contributed by atoms with Gasteiger partial charge in [-0.15, -0.1) is 0 Å². The van der Waals surface area contributed by atoms with Crippen molar-refractivity contribution in [1.29, 1.82) is 5.26 Å². The molecule has 3 rings (SSSR count). The number of aromatic nitrogens is 2. The van der Waals surface area contributed by atoms with Crippen LogP contribution in [0.4, 0.5) is 22.9 Å². The molecule has 0 atom stereocenters. The first-order valence-corrected chi connectivity index (χ1v) is 8.75. The van der Waals surface area contributed by atoms with Gasteiger partial charge in [-0.05, 0) is 37.3 Å². The molecule has 8 heteroatoms. The second-order valence-electron chi connectivity index (χ2n) is 6.18. The largest absolute Gasteiger partial charge is 0.339 e. The molecule has 29 heavy (non-hydrogen) atoms. The molecule has 0 spiro atoms. The molecule has 3 aromatic rings. The van der Waals surface area contributed by atoms with Crippen molar-refractivity contribution in [3.63, 3.8) is 0 Å². The highest BCUT2D eigenvalue weighted by atomic mass is 16.2.